The Balaban J connectivity index is 2.07. The highest BCUT2D eigenvalue weighted by Crippen LogP contribution is 2.27. The van der Waals surface area contributed by atoms with Crippen molar-refractivity contribution in [1.29, 1.82) is 0 Å². The summed E-state index contributed by atoms with van der Waals surface area (Å²) in [4.78, 5) is 14.5. The molecule has 0 bridgehead atoms. The Kier molecular flexibility index (Phi) is 5.49. The van der Waals surface area contributed by atoms with E-state index in [1.165, 1.54) is 0 Å². The Morgan fingerprint density at radius 1 is 1.33 bits per heavy atom. The van der Waals surface area contributed by atoms with Gasteiger partial charge in [0.15, 0.2) is 0 Å². The molecule has 1 heterocycles. The van der Waals surface area contributed by atoms with Crippen LogP contribution >= 0.6 is 23.2 Å². The Morgan fingerprint density at radius 3 is 2.62 bits per heavy atom. The second-order valence-electron chi connectivity index (χ2n) is 5.52. The van der Waals surface area contributed by atoms with Crippen LogP contribution in [0, 0.1) is 0 Å². The molecule has 0 atom stereocenters. The van der Waals surface area contributed by atoms with Crippen molar-refractivity contribution in [3.8, 4) is 0 Å². The Morgan fingerprint density at radius 2 is 2.00 bits per heavy atom. The van der Waals surface area contributed by atoms with E-state index < -0.39 is 0 Å². The van der Waals surface area contributed by atoms with E-state index in [4.69, 9.17) is 27.9 Å². The Labute approximate surface area is 135 Å². The summed E-state index contributed by atoms with van der Waals surface area (Å²) in [6, 6.07) is 5.07. The van der Waals surface area contributed by atoms with Gasteiger partial charge in [-0.1, -0.05) is 29.3 Å². The average Bonchev–Trinajstić information content (AvgIpc) is 2.48. The van der Waals surface area contributed by atoms with Crippen LogP contribution in [0.15, 0.2) is 18.2 Å². The number of carbonyl (C=O) groups is 1. The predicted molar refractivity (Wildman–Crippen MR) is 85.3 cm³/mol. The second kappa shape index (κ2) is 6.97. The highest BCUT2D eigenvalue weighted by molar-refractivity contribution is 6.43. The van der Waals surface area contributed by atoms with Crippen molar-refractivity contribution in [2.24, 2.45) is 0 Å². The summed E-state index contributed by atoms with van der Waals surface area (Å²) in [7, 11) is 4.06. The maximum atomic E-state index is 12.3. The molecule has 1 aromatic rings. The number of hydrogen-bond donors (Lipinski definition) is 1. The SMILES string of the molecule is CN(C)C1(CNC(=O)c2cccc(Cl)c2Cl)CCOCC1. The van der Waals surface area contributed by atoms with Gasteiger partial charge in [-0.2, -0.15) is 0 Å². The summed E-state index contributed by atoms with van der Waals surface area (Å²) in [5.74, 6) is -0.199. The molecule has 1 aromatic carbocycles. The zero-order valence-corrected chi connectivity index (χ0v) is 13.8. The quantitative estimate of drug-likeness (QED) is 0.922. The molecule has 1 amide bonds. The number of likely N-dealkylation sites (N-methyl/N-ethyl adjacent to an activating group) is 1. The van der Waals surface area contributed by atoms with Gasteiger partial charge < -0.3 is 15.0 Å². The van der Waals surface area contributed by atoms with E-state index in [2.05, 4.69) is 10.2 Å². The molecule has 0 aliphatic carbocycles. The van der Waals surface area contributed by atoms with Gasteiger partial charge >= 0.3 is 0 Å². The number of carbonyl (C=O) groups excluding carboxylic acids is 1. The summed E-state index contributed by atoms with van der Waals surface area (Å²) >= 11 is 12.0. The molecular weight excluding hydrogens is 311 g/mol. The molecule has 0 saturated carbocycles. The van der Waals surface area contributed by atoms with Crippen LogP contribution in [0.2, 0.25) is 10.0 Å². The molecule has 4 nitrogen and oxygen atoms in total. The highest BCUT2D eigenvalue weighted by atomic mass is 35.5. The predicted octanol–water partition coefficient (Wildman–Crippen LogP) is 2.83. The number of nitrogens with one attached hydrogen (secondary N) is 1. The van der Waals surface area contributed by atoms with Gasteiger partial charge in [-0.05, 0) is 39.1 Å². The van der Waals surface area contributed by atoms with E-state index in [0.717, 1.165) is 12.8 Å². The first kappa shape index (κ1) is 16.6. The number of amides is 1. The summed E-state index contributed by atoms with van der Waals surface area (Å²) in [5, 5.41) is 3.66. The van der Waals surface area contributed by atoms with Crippen molar-refractivity contribution in [2.45, 2.75) is 18.4 Å². The Hall–Kier alpha value is -0.810. The van der Waals surface area contributed by atoms with Gasteiger partial charge in [0, 0.05) is 25.3 Å². The van der Waals surface area contributed by atoms with E-state index >= 15 is 0 Å². The van der Waals surface area contributed by atoms with Crippen molar-refractivity contribution in [2.75, 3.05) is 33.9 Å². The highest BCUT2D eigenvalue weighted by Gasteiger charge is 2.35. The average molecular weight is 331 g/mol. The summed E-state index contributed by atoms with van der Waals surface area (Å²) in [5.41, 5.74) is 0.337. The van der Waals surface area contributed by atoms with Crippen LogP contribution in [0.5, 0.6) is 0 Å². The molecule has 116 valence electrons. The van der Waals surface area contributed by atoms with Crippen molar-refractivity contribution < 1.29 is 9.53 Å². The number of hydrogen-bond acceptors (Lipinski definition) is 3. The van der Waals surface area contributed by atoms with E-state index in [1.54, 1.807) is 18.2 Å². The van der Waals surface area contributed by atoms with Gasteiger partial charge in [-0.3, -0.25) is 4.79 Å². The lowest BCUT2D eigenvalue weighted by Crippen LogP contribution is -2.55. The standard InChI is InChI=1S/C15H20Cl2N2O2/c1-19(2)15(6-8-21-9-7-15)10-18-14(20)11-4-3-5-12(16)13(11)17/h3-5H,6-10H2,1-2H3,(H,18,20). The van der Waals surface area contributed by atoms with E-state index in [9.17, 15) is 4.79 Å². The van der Waals surface area contributed by atoms with Crippen LogP contribution in [0.25, 0.3) is 0 Å². The molecule has 1 aliphatic rings. The molecule has 0 spiro atoms. The van der Waals surface area contributed by atoms with Gasteiger partial charge in [0.25, 0.3) is 5.91 Å². The first-order valence-corrected chi connectivity index (χ1v) is 7.69. The number of rotatable bonds is 4. The molecule has 1 saturated heterocycles. The molecule has 1 aliphatic heterocycles. The van der Waals surface area contributed by atoms with Gasteiger partial charge in [-0.15, -0.1) is 0 Å². The fourth-order valence-corrected chi connectivity index (χ4v) is 2.94. The molecular formula is C15H20Cl2N2O2. The lowest BCUT2D eigenvalue weighted by molar-refractivity contribution is -0.00657. The maximum absolute atomic E-state index is 12.3. The zero-order valence-electron chi connectivity index (χ0n) is 12.3. The van der Waals surface area contributed by atoms with Crippen LogP contribution < -0.4 is 5.32 Å². The van der Waals surface area contributed by atoms with Gasteiger partial charge in [0.05, 0.1) is 15.6 Å². The fraction of sp³-hybridized carbons (Fsp3) is 0.533. The minimum absolute atomic E-state index is 0.0705. The minimum Gasteiger partial charge on any atom is -0.381 e. The van der Waals surface area contributed by atoms with E-state index in [1.807, 2.05) is 14.1 Å². The van der Waals surface area contributed by atoms with Crippen LogP contribution in [-0.2, 0) is 4.74 Å². The molecule has 21 heavy (non-hydrogen) atoms. The third kappa shape index (κ3) is 3.69. The van der Waals surface area contributed by atoms with Crippen molar-refractivity contribution >= 4 is 29.1 Å². The number of nitrogens with zero attached hydrogens (tertiary/aromatic N) is 1. The van der Waals surface area contributed by atoms with Crippen LogP contribution in [0.1, 0.15) is 23.2 Å². The van der Waals surface area contributed by atoms with Gasteiger partial charge in [0.2, 0.25) is 0 Å². The van der Waals surface area contributed by atoms with Gasteiger partial charge in [-0.25, -0.2) is 0 Å². The molecule has 1 fully saturated rings. The number of halogens is 2. The third-order valence-corrected chi connectivity index (χ3v) is 4.97. The summed E-state index contributed by atoms with van der Waals surface area (Å²) in [6.07, 6.45) is 1.78. The lowest BCUT2D eigenvalue weighted by Gasteiger charge is -2.42. The van der Waals surface area contributed by atoms with Crippen molar-refractivity contribution in [3.05, 3.63) is 33.8 Å². The topological polar surface area (TPSA) is 41.6 Å². The molecule has 6 heteroatoms. The lowest BCUT2D eigenvalue weighted by atomic mass is 9.88. The van der Waals surface area contributed by atoms with Crippen LogP contribution in [0.4, 0.5) is 0 Å². The molecule has 0 radical (unpaired) electrons. The molecule has 2 rings (SSSR count). The molecule has 1 N–H and O–H groups in total. The first-order chi connectivity index (χ1) is 9.96. The second-order valence-corrected chi connectivity index (χ2v) is 6.30. The van der Waals surface area contributed by atoms with Crippen LogP contribution in [0.3, 0.4) is 0 Å². The normalized spacial score (nSPS) is 17.8. The fourth-order valence-electron chi connectivity index (χ4n) is 2.55. The smallest absolute Gasteiger partial charge is 0.252 e. The largest absolute Gasteiger partial charge is 0.381 e. The van der Waals surface area contributed by atoms with Crippen molar-refractivity contribution in [1.82, 2.24) is 10.2 Å². The number of ether oxygens (including phenoxy) is 1. The van der Waals surface area contributed by atoms with Gasteiger partial charge in [0.1, 0.15) is 0 Å². The number of benzene rings is 1. The summed E-state index contributed by atoms with van der Waals surface area (Å²) < 4.78 is 5.42. The Bertz CT molecular complexity index is 514. The maximum Gasteiger partial charge on any atom is 0.252 e. The van der Waals surface area contributed by atoms with E-state index in [0.29, 0.717) is 35.4 Å². The van der Waals surface area contributed by atoms with Crippen LogP contribution in [-0.4, -0.2) is 50.2 Å². The van der Waals surface area contributed by atoms with E-state index in [-0.39, 0.29) is 11.4 Å². The molecule has 0 aromatic heterocycles. The summed E-state index contributed by atoms with van der Waals surface area (Å²) in [6.45, 7) is 1.99. The van der Waals surface area contributed by atoms with Crippen molar-refractivity contribution in [3.63, 3.8) is 0 Å². The third-order valence-electron chi connectivity index (χ3n) is 4.15. The minimum atomic E-state index is -0.199. The molecule has 0 unspecified atom stereocenters. The first-order valence-electron chi connectivity index (χ1n) is 6.94. The zero-order chi connectivity index (χ0) is 15.5. The monoisotopic (exact) mass is 330 g/mol.